The van der Waals surface area contributed by atoms with E-state index >= 15 is 0 Å². The van der Waals surface area contributed by atoms with Crippen LogP contribution in [0.3, 0.4) is 0 Å². The Balaban J connectivity index is 2.08. The molecule has 2 atom stereocenters. The second-order valence-corrected chi connectivity index (χ2v) is 6.79. The Morgan fingerprint density at radius 2 is 1.57 bits per heavy atom. The average molecular weight is 347 g/mol. The van der Waals surface area contributed by atoms with Gasteiger partial charge < -0.3 is 4.74 Å². The van der Waals surface area contributed by atoms with Crippen molar-refractivity contribution in [1.29, 1.82) is 0 Å². The summed E-state index contributed by atoms with van der Waals surface area (Å²) in [7, 11) is 0. The second kappa shape index (κ2) is 7.93. The Hall–Kier alpha value is -1.39. The highest BCUT2D eigenvalue weighted by Crippen LogP contribution is 2.25. The van der Waals surface area contributed by atoms with E-state index in [9.17, 15) is 4.79 Å². The summed E-state index contributed by atoms with van der Waals surface area (Å²) < 4.78 is 5.55. The van der Waals surface area contributed by atoms with Crippen LogP contribution in [0.1, 0.15) is 60.7 Å². The third kappa shape index (κ3) is 4.79. The van der Waals surface area contributed by atoms with Gasteiger partial charge in [-0.05, 0) is 60.7 Å². The Morgan fingerprint density at radius 1 is 1.00 bits per heavy atom. The Kier molecular flexibility index (Phi) is 6.19. The molecule has 0 aromatic heterocycles. The van der Waals surface area contributed by atoms with Gasteiger partial charge in [-0.3, -0.25) is 0 Å². The molecule has 0 N–H and O–H groups in total. The lowest BCUT2D eigenvalue weighted by Gasteiger charge is -2.15. The summed E-state index contributed by atoms with van der Waals surface area (Å²) >= 11 is 8.66. The molecule has 2 aromatic rings. The van der Waals surface area contributed by atoms with Crippen molar-refractivity contribution in [2.75, 3.05) is 0 Å². The predicted octanol–water partition coefficient (Wildman–Crippen LogP) is 5.70. The highest BCUT2D eigenvalue weighted by Gasteiger charge is 2.15. The summed E-state index contributed by atoms with van der Waals surface area (Å²) in [5, 5.41) is 0. The molecule has 0 fully saturated rings. The number of hydrogen-bond acceptors (Lipinski definition) is 4. The summed E-state index contributed by atoms with van der Waals surface area (Å²) in [5.41, 5.74) is 2.68. The van der Waals surface area contributed by atoms with Gasteiger partial charge in [0.1, 0.15) is 6.10 Å². The molecule has 2 rings (SSSR count). The number of benzene rings is 2. The molecule has 4 heteroatoms. The van der Waals surface area contributed by atoms with Crippen LogP contribution in [0, 0.1) is 0 Å². The first-order valence-electron chi connectivity index (χ1n) is 7.74. The normalized spacial score (nSPS) is 13.4. The fourth-order valence-electron chi connectivity index (χ4n) is 2.33. The lowest BCUT2D eigenvalue weighted by Crippen LogP contribution is -2.09. The topological polar surface area (TPSA) is 26.3 Å². The zero-order valence-electron chi connectivity index (χ0n) is 13.6. The summed E-state index contributed by atoms with van der Waals surface area (Å²) in [4.78, 5) is 13.9. The molecule has 0 heterocycles. The molecule has 0 spiro atoms. The number of rotatable bonds is 5. The van der Waals surface area contributed by atoms with E-state index in [0.717, 1.165) is 21.8 Å². The van der Waals surface area contributed by atoms with Gasteiger partial charge in [0.15, 0.2) is 0 Å². The van der Waals surface area contributed by atoms with Crippen molar-refractivity contribution in [2.24, 2.45) is 0 Å². The molecule has 0 aliphatic carbocycles. The van der Waals surface area contributed by atoms with E-state index in [1.807, 2.05) is 49.4 Å². The number of hydrogen-bond donors (Lipinski definition) is 2. The first kappa shape index (κ1) is 18.0. The van der Waals surface area contributed by atoms with Gasteiger partial charge in [0.05, 0.1) is 5.56 Å². The maximum absolute atomic E-state index is 12.3. The zero-order chi connectivity index (χ0) is 17.0. The van der Waals surface area contributed by atoms with Gasteiger partial charge >= 0.3 is 5.97 Å². The fraction of sp³-hybridized carbons (Fsp3) is 0.316. The van der Waals surface area contributed by atoms with Crippen LogP contribution >= 0.6 is 25.3 Å². The lowest BCUT2D eigenvalue weighted by molar-refractivity contribution is 0.0337. The van der Waals surface area contributed by atoms with E-state index in [-0.39, 0.29) is 12.1 Å². The fourth-order valence-corrected chi connectivity index (χ4v) is 3.01. The number of carbonyl (C=O) groups is 1. The van der Waals surface area contributed by atoms with Crippen molar-refractivity contribution in [3.05, 3.63) is 59.2 Å². The smallest absolute Gasteiger partial charge is 0.338 e. The Morgan fingerprint density at radius 3 is 2.09 bits per heavy atom. The van der Waals surface area contributed by atoms with Gasteiger partial charge in [-0.2, -0.15) is 0 Å². The third-order valence-electron chi connectivity index (χ3n) is 4.01. The van der Waals surface area contributed by atoms with E-state index in [0.29, 0.717) is 11.5 Å². The van der Waals surface area contributed by atoms with Gasteiger partial charge in [0.25, 0.3) is 0 Å². The lowest BCUT2D eigenvalue weighted by atomic mass is 9.98. The first-order chi connectivity index (χ1) is 10.9. The first-order valence-corrected chi connectivity index (χ1v) is 8.64. The van der Waals surface area contributed by atoms with Gasteiger partial charge in [-0.15, -0.1) is 25.3 Å². The van der Waals surface area contributed by atoms with E-state index in [2.05, 4.69) is 39.1 Å². The predicted molar refractivity (Wildman–Crippen MR) is 99.9 cm³/mol. The van der Waals surface area contributed by atoms with E-state index in [4.69, 9.17) is 4.74 Å². The highest BCUT2D eigenvalue weighted by molar-refractivity contribution is 7.81. The standard InChI is InChI=1S/C19H22O2S2/c1-4-12(2)14-5-7-15(8-6-14)19(20)21-13(3)16-9-17(22)11-18(23)10-16/h5-13,22-23H,4H2,1-3H3. The number of ether oxygens (including phenoxy) is 1. The van der Waals surface area contributed by atoms with Crippen LogP contribution in [-0.2, 0) is 4.74 Å². The summed E-state index contributed by atoms with van der Waals surface area (Å²) in [6, 6.07) is 13.3. The third-order valence-corrected chi connectivity index (χ3v) is 4.52. The van der Waals surface area contributed by atoms with Crippen molar-refractivity contribution in [1.82, 2.24) is 0 Å². The molecule has 122 valence electrons. The molecule has 2 nitrogen and oxygen atoms in total. The van der Waals surface area contributed by atoms with Crippen LogP contribution < -0.4 is 0 Å². The average Bonchev–Trinajstić information content (AvgIpc) is 2.53. The minimum Gasteiger partial charge on any atom is -0.454 e. The molecule has 0 saturated heterocycles. The van der Waals surface area contributed by atoms with Crippen LogP contribution in [0.2, 0.25) is 0 Å². The summed E-state index contributed by atoms with van der Waals surface area (Å²) in [6.07, 6.45) is 0.724. The second-order valence-electron chi connectivity index (χ2n) is 5.76. The van der Waals surface area contributed by atoms with Crippen LogP contribution in [0.25, 0.3) is 0 Å². The largest absolute Gasteiger partial charge is 0.454 e. The van der Waals surface area contributed by atoms with Gasteiger partial charge in [0.2, 0.25) is 0 Å². The Bertz CT molecular complexity index is 660. The van der Waals surface area contributed by atoms with Crippen LogP contribution in [0.4, 0.5) is 0 Å². The molecule has 0 radical (unpaired) electrons. The molecule has 2 aromatic carbocycles. The molecular weight excluding hydrogens is 324 g/mol. The van der Waals surface area contributed by atoms with Crippen molar-refractivity contribution in [3.8, 4) is 0 Å². The SMILES string of the molecule is CCC(C)c1ccc(C(=O)OC(C)c2cc(S)cc(S)c2)cc1. The molecule has 0 aliphatic rings. The summed E-state index contributed by atoms with van der Waals surface area (Å²) in [5.74, 6) is 0.171. The quantitative estimate of drug-likeness (QED) is 0.537. The van der Waals surface area contributed by atoms with Gasteiger partial charge in [-0.25, -0.2) is 4.79 Å². The van der Waals surface area contributed by atoms with Crippen LogP contribution in [0.15, 0.2) is 52.3 Å². The van der Waals surface area contributed by atoms with Gasteiger partial charge in [0, 0.05) is 9.79 Å². The van der Waals surface area contributed by atoms with Crippen LogP contribution in [0.5, 0.6) is 0 Å². The molecule has 0 bridgehead atoms. The Labute approximate surface area is 149 Å². The molecule has 0 amide bonds. The monoisotopic (exact) mass is 346 g/mol. The summed E-state index contributed by atoms with van der Waals surface area (Å²) in [6.45, 7) is 6.18. The number of esters is 1. The minimum atomic E-state index is -0.352. The molecule has 0 saturated carbocycles. The molecule has 0 aliphatic heterocycles. The van der Waals surface area contributed by atoms with E-state index < -0.39 is 0 Å². The van der Waals surface area contributed by atoms with Crippen LogP contribution in [-0.4, -0.2) is 5.97 Å². The van der Waals surface area contributed by atoms with Crippen molar-refractivity contribution in [2.45, 2.75) is 49.0 Å². The van der Waals surface area contributed by atoms with Crippen molar-refractivity contribution < 1.29 is 9.53 Å². The zero-order valence-corrected chi connectivity index (χ0v) is 15.4. The molecule has 2 unspecified atom stereocenters. The number of carbonyl (C=O) groups excluding carboxylic acids is 1. The van der Waals surface area contributed by atoms with E-state index in [1.165, 1.54) is 5.56 Å². The highest BCUT2D eigenvalue weighted by atomic mass is 32.1. The number of thiol groups is 2. The van der Waals surface area contributed by atoms with Crippen molar-refractivity contribution in [3.63, 3.8) is 0 Å². The van der Waals surface area contributed by atoms with Gasteiger partial charge in [-0.1, -0.05) is 26.0 Å². The van der Waals surface area contributed by atoms with Crippen molar-refractivity contribution >= 4 is 31.2 Å². The maximum Gasteiger partial charge on any atom is 0.338 e. The molecule has 23 heavy (non-hydrogen) atoms. The maximum atomic E-state index is 12.3. The van der Waals surface area contributed by atoms with E-state index in [1.54, 1.807) is 0 Å². The minimum absolute atomic E-state index is 0.321. The molecular formula is C19H22O2S2.